The Hall–Kier alpha value is -3.42. The zero-order chi connectivity index (χ0) is 19.5. The van der Waals surface area contributed by atoms with E-state index in [0.717, 1.165) is 24.1 Å². The summed E-state index contributed by atoms with van der Waals surface area (Å²) < 4.78 is 20.5. The maximum Gasteiger partial charge on any atom is 0.290 e. The summed E-state index contributed by atoms with van der Waals surface area (Å²) in [4.78, 5) is 17.0. The van der Waals surface area contributed by atoms with Crippen molar-refractivity contribution in [2.75, 3.05) is 19.1 Å². The first-order valence-corrected chi connectivity index (χ1v) is 9.07. The summed E-state index contributed by atoms with van der Waals surface area (Å²) >= 11 is 0. The SMILES string of the molecule is COc1ncc(NN2CCCCn3nc(-c4ccccc4)cc3C2=O)cc1F. The standard InChI is InChI=1S/C20H20FN5O2/c1-28-19-16(21)11-15(13-22-19)23-26-10-6-5-9-25-18(20(26)27)12-17(24-25)14-7-3-2-4-8-14/h2-4,7-8,11-13,23H,5-6,9-10H2,1H3. The second-order valence-electron chi connectivity index (χ2n) is 6.49. The van der Waals surface area contributed by atoms with Gasteiger partial charge in [0.1, 0.15) is 5.69 Å². The highest BCUT2D eigenvalue weighted by Crippen LogP contribution is 2.23. The van der Waals surface area contributed by atoms with Crippen molar-refractivity contribution in [2.45, 2.75) is 19.4 Å². The number of methoxy groups -OCH3 is 1. The number of nitrogens with one attached hydrogen (secondary N) is 1. The van der Waals surface area contributed by atoms with Gasteiger partial charge in [-0.05, 0) is 18.9 Å². The summed E-state index contributed by atoms with van der Waals surface area (Å²) in [6, 6.07) is 12.8. The number of ether oxygens (including phenoxy) is 1. The van der Waals surface area contributed by atoms with Crippen LogP contribution in [0.15, 0.2) is 48.7 Å². The van der Waals surface area contributed by atoms with Gasteiger partial charge in [-0.2, -0.15) is 5.10 Å². The van der Waals surface area contributed by atoms with Gasteiger partial charge in [-0.3, -0.25) is 19.9 Å². The van der Waals surface area contributed by atoms with Gasteiger partial charge in [0, 0.05) is 24.7 Å². The molecule has 3 heterocycles. The molecule has 28 heavy (non-hydrogen) atoms. The molecule has 144 valence electrons. The molecule has 0 unspecified atom stereocenters. The Kier molecular flexibility index (Phi) is 4.92. The van der Waals surface area contributed by atoms with Crippen molar-refractivity contribution >= 4 is 11.6 Å². The number of anilines is 1. The molecule has 0 bridgehead atoms. The van der Waals surface area contributed by atoms with E-state index in [1.807, 2.05) is 30.3 Å². The van der Waals surface area contributed by atoms with E-state index in [9.17, 15) is 9.18 Å². The van der Waals surface area contributed by atoms with Gasteiger partial charge in [0.05, 0.1) is 24.7 Å². The Labute approximate surface area is 161 Å². The van der Waals surface area contributed by atoms with Crippen molar-refractivity contribution in [2.24, 2.45) is 0 Å². The Bertz CT molecular complexity index is 990. The van der Waals surface area contributed by atoms with Crippen molar-refractivity contribution in [3.05, 3.63) is 60.2 Å². The normalized spacial score (nSPS) is 14.2. The van der Waals surface area contributed by atoms with Crippen LogP contribution in [-0.4, -0.2) is 39.3 Å². The number of aromatic nitrogens is 3. The lowest BCUT2D eigenvalue weighted by molar-refractivity contribution is 0.0768. The van der Waals surface area contributed by atoms with E-state index in [2.05, 4.69) is 15.5 Å². The number of benzene rings is 1. The predicted octanol–water partition coefficient (Wildman–Crippen LogP) is 3.36. The Morgan fingerprint density at radius 3 is 2.68 bits per heavy atom. The number of pyridine rings is 1. The molecule has 3 aromatic rings. The van der Waals surface area contributed by atoms with Gasteiger partial charge < -0.3 is 4.74 Å². The number of nitrogens with zero attached hydrogens (tertiary/aromatic N) is 4. The number of carbonyl (C=O) groups excluding carboxylic acids is 1. The zero-order valence-electron chi connectivity index (χ0n) is 15.4. The van der Waals surface area contributed by atoms with Crippen LogP contribution in [0.4, 0.5) is 10.1 Å². The molecule has 4 rings (SSSR count). The maximum absolute atomic E-state index is 13.9. The van der Waals surface area contributed by atoms with E-state index in [-0.39, 0.29) is 11.8 Å². The molecule has 7 nitrogen and oxygen atoms in total. The van der Waals surface area contributed by atoms with Crippen LogP contribution < -0.4 is 10.2 Å². The molecule has 0 saturated carbocycles. The van der Waals surface area contributed by atoms with Crippen LogP contribution in [0, 0.1) is 5.82 Å². The van der Waals surface area contributed by atoms with Crippen LogP contribution in [0.5, 0.6) is 5.88 Å². The average Bonchev–Trinajstić information content (AvgIpc) is 3.13. The molecular weight excluding hydrogens is 361 g/mol. The highest BCUT2D eigenvalue weighted by Gasteiger charge is 2.24. The molecule has 0 atom stereocenters. The van der Waals surface area contributed by atoms with E-state index >= 15 is 0 Å². The lowest BCUT2D eigenvalue weighted by Crippen LogP contribution is -2.39. The lowest BCUT2D eigenvalue weighted by atomic mass is 10.1. The third kappa shape index (κ3) is 3.53. The van der Waals surface area contributed by atoms with Gasteiger partial charge in [-0.25, -0.2) is 9.37 Å². The summed E-state index contributed by atoms with van der Waals surface area (Å²) in [7, 11) is 1.35. The lowest BCUT2D eigenvalue weighted by Gasteiger charge is -2.26. The summed E-state index contributed by atoms with van der Waals surface area (Å²) in [6.45, 7) is 1.18. The van der Waals surface area contributed by atoms with Gasteiger partial charge in [0.2, 0.25) is 5.88 Å². The maximum atomic E-state index is 13.9. The number of aryl methyl sites for hydroxylation is 1. The minimum Gasteiger partial charge on any atom is -0.479 e. The number of amides is 1. The fraction of sp³-hybridized carbons (Fsp3) is 0.250. The Morgan fingerprint density at radius 1 is 1.14 bits per heavy atom. The van der Waals surface area contributed by atoms with Crippen LogP contribution in [0.25, 0.3) is 11.3 Å². The fourth-order valence-corrected chi connectivity index (χ4v) is 3.18. The van der Waals surface area contributed by atoms with E-state index in [4.69, 9.17) is 4.74 Å². The minimum atomic E-state index is -0.594. The second kappa shape index (κ2) is 7.67. The topological polar surface area (TPSA) is 72.3 Å². The van der Waals surface area contributed by atoms with E-state index in [0.29, 0.717) is 24.5 Å². The first-order valence-electron chi connectivity index (χ1n) is 9.07. The van der Waals surface area contributed by atoms with Gasteiger partial charge in [-0.1, -0.05) is 30.3 Å². The van der Waals surface area contributed by atoms with Gasteiger partial charge >= 0.3 is 0 Å². The largest absolute Gasteiger partial charge is 0.479 e. The third-order valence-corrected chi connectivity index (χ3v) is 4.58. The summed E-state index contributed by atoms with van der Waals surface area (Å²) in [5.74, 6) is -0.899. The minimum absolute atomic E-state index is 0.0878. The average molecular weight is 381 g/mol. The van der Waals surface area contributed by atoms with Gasteiger partial charge in [0.15, 0.2) is 5.82 Å². The number of hydrogen-bond donors (Lipinski definition) is 1. The van der Waals surface area contributed by atoms with Crippen molar-refractivity contribution in [3.8, 4) is 17.1 Å². The number of halogens is 1. The van der Waals surface area contributed by atoms with Gasteiger partial charge in [-0.15, -0.1) is 0 Å². The molecule has 0 saturated heterocycles. The number of hydrazine groups is 1. The zero-order valence-corrected chi connectivity index (χ0v) is 15.4. The molecule has 8 heteroatoms. The molecule has 1 aliphatic rings. The molecule has 1 N–H and O–H groups in total. The molecule has 0 fully saturated rings. The highest BCUT2D eigenvalue weighted by molar-refractivity contribution is 5.94. The molecular formula is C20H20FN5O2. The fourth-order valence-electron chi connectivity index (χ4n) is 3.18. The Balaban J connectivity index is 1.62. The monoisotopic (exact) mass is 381 g/mol. The number of fused-ring (bicyclic) bond motifs is 1. The number of hydrogen-bond acceptors (Lipinski definition) is 5. The molecule has 2 aromatic heterocycles. The highest BCUT2D eigenvalue weighted by atomic mass is 19.1. The Morgan fingerprint density at radius 2 is 1.93 bits per heavy atom. The quantitative estimate of drug-likeness (QED) is 0.750. The molecule has 0 spiro atoms. The summed E-state index contributed by atoms with van der Waals surface area (Å²) in [5, 5.41) is 6.08. The first kappa shape index (κ1) is 18.0. The van der Waals surface area contributed by atoms with E-state index in [1.54, 1.807) is 10.7 Å². The van der Waals surface area contributed by atoms with Crippen molar-refractivity contribution < 1.29 is 13.9 Å². The van der Waals surface area contributed by atoms with Crippen LogP contribution in [0.1, 0.15) is 23.3 Å². The summed E-state index contributed by atoms with van der Waals surface area (Å²) in [6.07, 6.45) is 3.11. The smallest absolute Gasteiger partial charge is 0.290 e. The number of carbonyl (C=O) groups is 1. The summed E-state index contributed by atoms with van der Waals surface area (Å²) in [5.41, 5.74) is 5.54. The van der Waals surface area contributed by atoms with E-state index in [1.165, 1.54) is 24.4 Å². The second-order valence-corrected chi connectivity index (χ2v) is 6.49. The van der Waals surface area contributed by atoms with Crippen molar-refractivity contribution in [1.82, 2.24) is 19.8 Å². The first-order chi connectivity index (χ1) is 13.7. The van der Waals surface area contributed by atoms with E-state index < -0.39 is 5.82 Å². The molecule has 1 aromatic carbocycles. The number of rotatable bonds is 4. The van der Waals surface area contributed by atoms with Crippen molar-refractivity contribution in [3.63, 3.8) is 0 Å². The molecule has 0 radical (unpaired) electrons. The third-order valence-electron chi connectivity index (χ3n) is 4.58. The molecule has 1 amide bonds. The van der Waals surface area contributed by atoms with Crippen LogP contribution in [-0.2, 0) is 6.54 Å². The van der Waals surface area contributed by atoms with Crippen molar-refractivity contribution in [1.29, 1.82) is 0 Å². The molecule has 1 aliphatic heterocycles. The predicted molar refractivity (Wildman–Crippen MR) is 102 cm³/mol. The molecule has 0 aliphatic carbocycles. The van der Waals surface area contributed by atoms with Crippen LogP contribution in [0.3, 0.4) is 0 Å². The van der Waals surface area contributed by atoms with Crippen LogP contribution >= 0.6 is 0 Å². The van der Waals surface area contributed by atoms with Gasteiger partial charge in [0.25, 0.3) is 5.91 Å². The van der Waals surface area contributed by atoms with Crippen LogP contribution in [0.2, 0.25) is 0 Å².